The number of ether oxygens (including phenoxy) is 1. The number of aryl methyl sites for hydroxylation is 2. The van der Waals surface area contributed by atoms with Gasteiger partial charge in [-0.15, -0.1) is 0 Å². The average molecular weight is 279 g/mol. The van der Waals surface area contributed by atoms with Gasteiger partial charge in [0.05, 0.1) is 18.2 Å². The number of carboxylic acids is 1. The molecule has 0 bridgehead atoms. The molecule has 20 heavy (non-hydrogen) atoms. The van der Waals surface area contributed by atoms with Gasteiger partial charge in [0.15, 0.2) is 0 Å². The molecule has 1 atom stereocenters. The normalized spacial score (nSPS) is 11.6. The minimum absolute atomic E-state index is 0.0560. The van der Waals surface area contributed by atoms with Crippen LogP contribution in [0.25, 0.3) is 0 Å². The van der Waals surface area contributed by atoms with Gasteiger partial charge < -0.3 is 15.2 Å². The number of carbonyl (C=O) groups excluding carboxylic acids is 2. The lowest BCUT2D eigenvalue weighted by Gasteiger charge is -2.15. The predicted molar refractivity (Wildman–Crippen MR) is 71.8 cm³/mol. The zero-order valence-electron chi connectivity index (χ0n) is 11.8. The molecule has 1 aromatic carbocycles. The summed E-state index contributed by atoms with van der Waals surface area (Å²) in [5.41, 5.74) is 1.02. The second-order valence-electron chi connectivity index (χ2n) is 4.47. The Kier molecular flexibility index (Phi) is 4.85. The summed E-state index contributed by atoms with van der Waals surface area (Å²) >= 11 is 0. The number of benzene rings is 1. The molecule has 0 saturated carbocycles. The average Bonchev–Trinajstić information content (AvgIpc) is 2.39. The van der Waals surface area contributed by atoms with Crippen molar-refractivity contribution < 1.29 is 24.2 Å². The fourth-order valence-corrected chi connectivity index (χ4v) is 1.88. The first-order valence-electron chi connectivity index (χ1n) is 6.01. The molecule has 6 nitrogen and oxygen atoms in total. The topological polar surface area (TPSA) is 92.7 Å². The highest BCUT2D eigenvalue weighted by Crippen LogP contribution is 2.19. The second-order valence-corrected chi connectivity index (χ2v) is 4.47. The van der Waals surface area contributed by atoms with Crippen LogP contribution in [-0.4, -0.2) is 36.1 Å². The van der Waals surface area contributed by atoms with E-state index in [0.717, 1.165) is 0 Å². The summed E-state index contributed by atoms with van der Waals surface area (Å²) in [5, 5.41) is 11.7. The first-order chi connectivity index (χ1) is 9.29. The fourth-order valence-electron chi connectivity index (χ4n) is 1.88. The van der Waals surface area contributed by atoms with Gasteiger partial charge in [0.25, 0.3) is 5.91 Å². The third-order valence-corrected chi connectivity index (χ3v) is 2.97. The van der Waals surface area contributed by atoms with E-state index < -0.39 is 23.9 Å². The number of carbonyl (C=O) groups is 3. The maximum Gasteiger partial charge on any atom is 0.336 e. The maximum atomic E-state index is 12.2. The molecule has 0 saturated heterocycles. The summed E-state index contributed by atoms with van der Waals surface area (Å²) in [5.74, 6) is -2.39. The standard InChI is InChI=1S/C14H17NO5/c1-7-5-6-8(2)11(13(17)18)10(7)12(16)15-9(3)14(19)20-4/h5-6,9H,1-4H3,(H,15,16)(H,17,18)/t9-/m0/s1. The summed E-state index contributed by atoms with van der Waals surface area (Å²) in [6, 6.07) is 2.45. The Morgan fingerprint density at radius 2 is 1.65 bits per heavy atom. The second kappa shape index (κ2) is 6.18. The van der Waals surface area contributed by atoms with Crippen molar-refractivity contribution in [1.82, 2.24) is 5.32 Å². The van der Waals surface area contributed by atoms with Crippen molar-refractivity contribution in [2.75, 3.05) is 7.11 Å². The Labute approximate surface area is 116 Å². The molecule has 0 aliphatic carbocycles. The quantitative estimate of drug-likeness (QED) is 0.810. The van der Waals surface area contributed by atoms with Crippen LogP contribution in [0, 0.1) is 13.8 Å². The first-order valence-corrected chi connectivity index (χ1v) is 6.01. The molecule has 0 heterocycles. The van der Waals surface area contributed by atoms with E-state index in [-0.39, 0.29) is 11.1 Å². The Morgan fingerprint density at radius 3 is 2.10 bits per heavy atom. The summed E-state index contributed by atoms with van der Waals surface area (Å²) in [6.45, 7) is 4.72. The highest BCUT2D eigenvalue weighted by Gasteiger charge is 2.24. The van der Waals surface area contributed by atoms with Crippen molar-refractivity contribution in [3.05, 3.63) is 34.4 Å². The molecule has 0 fully saturated rings. The first kappa shape index (κ1) is 15.7. The molecule has 0 aliphatic heterocycles. The van der Waals surface area contributed by atoms with Crippen LogP contribution < -0.4 is 5.32 Å². The molecule has 0 radical (unpaired) electrons. The SMILES string of the molecule is COC(=O)[C@H](C)NC(=O)c1c(C)ccc(C)c1C(=O)O. The van der Waals surface area contributed by atoms with Crippen LogP contribution in [0.3, 0.4) is 0 Å². The highest BCUT2D eigenvalue weighted by atomic mass is 16.5. The van der Waals surface area contributed by atoms with Crippen LogP contribution in [0.15, 0.2) is 12.1 Å². The largest absolute Gasteiger partial charge is 0.478 e. The van der Waals surface area contributed by atoms with Gasteiger partial charge in [-0.2, -0.15) is 0 Å². The monoisotopic (exact) mass is 279 g/mol. The van der Waals surface area contributed by atoms with Crippen molar-refractivity contribution in [2.24, 2.45) is 0 Å². The number of amides is 1. The lowest BCUT2D eigenvalue weighted by atomic mass is 9.96. The smallest absolute Gasteiger partial charge is 0.336 e. The predicted octanol–water partition coefficient (Wildman–Crippen LogP) is 1.29. The molecule has 0 aliphatic rings. The van der Waals surface area contributed by atoms with Gasteiger partial charge in [-0.25, -0.2) is 9.59 Å². The molecular weight excluding hydrogens is 262 g/mol. The number of nitrogens with one attached hydrogen (secondary N) is 1. The lowest BCUT2D eigenvalue weighted by Crippen LogP contribution is -2.40. The Balaban J connectivity index is 3.19. The highest BCUT2D eigenvalue weighted by molar-refractivity contribution is 6.07. The fraction of sp³-hybridized carbons (Fsp3) is 0.357. The molecule has 1 aromatic rings. The summed E-state index contributed by atoms with van der Waals surface area (Å²) in [7, 11) is 1.21. The third kappa shape index (κ3) is 3.14. The summed E-state index contributed by atoms with van der Waals surface area (Å²) in [4.78, 5) is 34.8. The molecule has 1 rings (SSSR count). The van der Waals surface area contributed by atoms with E-state index >= 15 is 0 Å². The van der Waals surface area contributed by atoms with Gasteiger partial charge in [-0.05, 0) is 31.9 Å². The van der Waals surface area contributed by atoms with Crippen molar-refractivity contribution in [3.8, 4) is 0 Å². The van der Waals surface area contributed by atoms with Crippen LogP contribution >= 0.6 is 0 Å². The van der Waals surface area contributed by atoms with Crippen LogP contribution in [0.2, 0.25) is 0 Å². The van der Waals surface area contributed by atoms with E-state index in [1.807, 2.05) is 0 Å². The molecule has 0 spiro atoms. The van der Waals surface area contributed by atoms with Gasteiger partial charge in [-0.1, -0.05) is 12.1 Å². The summed E-state index contributed by atoms with van der Waals surface area (Å²) < 4.78 is 4.51. The lowest BCUT2D eigenvalue weighted by molar-refractivity contribution is -0.142. The number of methoxy groups -OCH3 is 1. The van der Waals surface area contributed by atoms with Gasteiger partial charge in [0.2, 0.25) is 0 Å². The molecule has 0 aromatic heterocycles. The number of carboxylic acid groups (broad SMARTS) is 1. The third-order valence-electron chi connectivity index (χ3n) is 2.97. The van der Waals surface area contributed by atoms with Gasteiger partial charge in [0, 0.05) is 0 Å². The van der Waals surface area contributed by atoms with Gasteiger partial charge in [0.1, 0.15) is 6.04 Å². The van der Waals surface area contributed by atoms with Crippen molar-refractivity contribution in [2.45, 2.75) is 26.8 Å². The number of hydrogen-bond acceptors (Lipinski definition) is 4. The minimum Gasteiger partial charge on any atom is -0.478 e. The minimum atomic E-state index is -1.18. The number of esters is 1. The zero-order valence-corrected chi connectivity index (χ0v) is 11.8. The molecule has 108 valence electrons. The van der Waals surface area contributed by atoms with Gasteiger partial charge in [-0.3, -0.25) is 4.79 Å². The van der Waals surface area contributed by atoms with Crippen LogP contribution in [0.5, 0.6) is 0 Å². The number of hydrogen-bond donors (Lipinski definition) is 2. The molecule has 2 N–H and O–H groups in total. The van der Waals surface area contributed by atoms with E-state index in [4.69, 9.17) is 0 Å². The Bertz CT molecular complexity index is 565. The van der Waals surface area contributed by atoms with E-state index in [0.29, 0.717) is 11.1 Å². The van der Waals surface area contributed by atoms with Crippen LogP contribution in [-0.2, 0) is 9.53 Å². The molecule has 6 heteroatoms. The van der Waals surface area contributed by atoms with Gasteiger partial charge >= 0.3 is 11.9 Å². The van der Waals surface area contributed by atoms with E-state index in [9.17, 15) is 19.5 Å². The van der Waals surface area contributed by atoms with Crippen molar-refractivity contribution >= 4 is 17.8 Å². The van der Waals surface area contributed by atoms with E-state index in [2.05, 4.69) is 10.1 Å². The van der Waals surface area contributed by atoms with Crippen molar-refractivity contribution in [3.63, 3.8) is 0 Å². The summed E-state index contributed by atoms with van der Waals surface area (Å²) in [6.07, 6.45) is 0. The van der Waals surface area contributed by atoms with Crippen molar-refractivity contribution in [1.29, 1.82) is 0 Å². The number of rotatable bonds is 4. The Morgan fingerprint density at radius 1 is 1.15 bits per heavy atom. The van der Waals surface area contributed by atoms with E-state index in [1.54, 1.807) is 26.0 Å². The van der Waals surface area contributed by atoms with Crippen LogP contribution in [0.4, 0.5) is 0 Å². The van der Waals surface area contributed by atoms with Crippen LogP contribution in [0.1, 0.15) is 38.8 Å². The Hall–Kier alpha value is -2.37. The van der Waals surface area contributed by atoms with E-state index in [1.165, 1.54) is 14.0 Å². The molecule has 0 unspecified atom stereocenters. The molecular formula is C14H17NO5. The molecule has 1 amide bonds. The zero-order chi connectivity index (χ0) is 15.4. The number of aromatic carboxylic acids is 1. The maximum absolute atomic E-state index is 12.2.